The number of imidazole rings is 1. The number of H-pyrrole nitrogens is 1. The Labute approximate surface area is 72.4 Å². The number of nitrogens with zero attached hydrogens (tertiary/aromatic N) is 1. The normalized spacial score (nSPS) is 19.5. The first-order valence-electron chi connectivity index (χ1n) is 4.49. The van der Waals surface area contributed by atoms with Crippen molar-refractivity contribution < 1.29 is 0 Å². The standard InChI is InChI=1S/C9H15N3/c1-9(3-4-9)7-6-11-8(12-7)2-5-10/h6H,2-5,10H2,1H3,(H,11,12). The van der Waals surface area contributed by atoms with Gasteiger partial charge >= 0.3 is 0 Å². The maximum Gasteiger partial charge on any atom is 0.107 e. The van der Waals surface area contributed by atoms with Crippen molar-refractivity contribution in [3.63, 3.8) is 0 Å². The van der Waals surface area contributed by atoms with Gasteiger partial charge < -0.3 is 10.7 Å². The molecule has 0 unspecified atom stereocenters. The first-order valence-corrected chi connectivity index (χ1v) is 4.49. The number of aromatic nitrogens is 2. The van der Waals surface area contributed by atoms with Crippen LogP contribution in [0.2, 0.25) is 0 Å². The van der Waals surface area contributed by atoms with Gasteiger partial charge in [0, 0.05) is 23.7 Å². The molecule has 0 radical (unpaired) electrons. The number of rotatable bonds is 3. The molecule has 0 aromatic carbocycles. The summed E-state index contributed by atoms with van der Waals surface area (Å²) in [7, 11) is 0. The summed E-state index contributed by atoms with van der Waals surface area (Å²) in [5.41, 5.74) is 7.12. The van der Waals surface area contributed by atoms with Gasteiger partial charge in [0.05, 0.1) is 0 Å². The van der Waals surface area contributed by atoms with E-state index in [1.165, 1.54) is 18.5 Å². The predicted molar refractivity (Wildman–Crippen MR) is 47.9 cm³/mol. The van der Waals surface area contributed by atoms with Gasteiger partial charge in [0.25, 0.3) is 0 Å². The molecule has 12 heavy (non-hydrogen) atoms. The van der Waals surface area contributed by atoms with Crippen LogP contribution in [0.3, 0.4) is 0 Å². The van der Waals surface area contributed by atoms with Crippen LogP contribution in [0, 0.1) is 0 Å². The predicted octanol–water partition coefficient (Wildman–Crippen LogP) is 0.962. The molecule has 0 atom stereocenters. The first-order chi connectivity index (χ1) is 5.74. The van der Waals surface area contributed by atoms with Gasteiger partial charge in [0.15, 0.2) is 0 Å². The average molecular weight is 165 g/mol. The SMILES string of the molecule is CC1(c2cnc(CCN)[nH]2)CC1. The largest absolute Gasteiger partial charge is 0.345 e. The molecule has 0 amide bonds. The Balaban J connectivity index is 2.13. The van der Waals surface area contributed by atoms with E-state index >= 15 is 0 Å². The maximum atomic E-state index is 5.43. The van der Waals surface area contributed by atoms with E-state index in [4.69, 9.17) is 5.73 Å². The molecule has 0 aliphatic heterocycles. The monoisotopic (exact) mass is 165 g/mol. The lowest BCUT2D eigenvalue weighted by Gasteiger charge is -2.02. The van der Waals surface area contributed by atoms with Crippen molar-refractivity contribution in [3.8, 4) is 0 Å². The van der Waals surface area contributed by atoms with Gasteiger partial charge in [0.2, 0.25) is 0 Å². The van der Waals surface area contributed by atoms with E-state index < -0.39 is 0 Å². The van der Waals surface area contributed by atoms with Crippen molar-refractivity contribution >= 4 is 0 Å². The zero-order valence-electron chi connectivity index (χ0n) is 7.43. The minimum absolute atomic E-state index is 0.403. The average Bonchev–Trinajstić information content (AvgIpc) is 2.64. The Morgan fingerprint density at radius 1 is 1.67 bits per heavy atom. The van der Waals surface area contributed by atoms with Crippen molar-refractivity contribution in [2.24, 2.45) is 5.73 Å². The molecule has 1 aromatic rings. The highest BCUT2D eigenvalue weighted by Crippen LogP contribution is 2.46. The molecule has 1 fully saturated rings. The van der Waals surface area contributed by atoms with Crippen molar-refractivity contribution in [1.29, 1.82) is 0 Å². The molecular weight excluding hydrogens is 150 g/mol. The second kappa shape index (κ2) is 2.59. The third-order valence-corrected chi connectivity index (χ3v) is 2.66. The van der Waals surface area contributed by atoms with Crippen LogP contribution >= 0.6 is 0 Å². The molecule has 2 rings (SSSR count). The Bertz CT molecular complexity index is 273. The van der Waals surface area contributed by atoms with Crippen molar-refractivity contribution in [2.75, 3.05) is 6.54 Å². The molecule has 1 aliphatic rings. The van der Waals surface area contributed by atoms with E-state index in [-0.39, 0.29) is 0 Å². The van der Waals surface area contributed by atoms with E-state index in [1.54, 1.807) is 0 Å². The minimum Gasteiger partial charge on any atom is -0.345 e. The molecular formula is C9H15N3. The fourth-order valence-corrected chi connectivity index (χ4v) is 1.39. The summed E-state index contributed by atoms with van der Waals surface area (Å²) >= 11 is 0. The molecule has 66 valence electrons. The topological polar surface area (TPSA) is 54.7 Å². The van der Waals surface area contributed by atoms with E-state index in [9.17, 15) is 0 Å². The van der Waals surface area contributed by atoms with Gasteiger partial charge in [-0.25, -0.2) is 4.98 Å². The van der Waals surface area contributed by atoms with Crippen molar-refractivity contribution in [3.05, 3.63) is 17.7 Å². The zero-order chi connectivity index (χ0) is 8.60. The van der Waals surface area contributed by atoms with Crippen LogP contribution in [0.4, 0.5) is 0 Å². The van der Waals surface area contributed by atoms with Crippen LogP contribution in [0.25, 0.3) is 0 Å². The number of nitrogens with two attached hydrogens (primary N) is 1. The van der Waals surface area contributed by atoms with Crippen LogP contribution < -0.4 is 5.73 Å². The van der Waals surface area contributed by atoms with E-state index in [1.807, 2.05) is 6.20 Å². The molecule has 0 spiro atoms. The minimum atomic E-state index is 0.403. The molecule has 1 heterocycles. The number of hydrogen-bond donors (Lipinski definition) is 2. The van der Waals surface area contributed by atoms with Crippen LogP contribution in [-0.4, -0.2) is 16.5 Å². The molecule has 3 N–H and O–H groups in total. The van der Waals surface area contributed by atoms with Gasteiger partial charge in [-0.1, -0.05) is 6.92 Å². The van der Waals surface area contributed by atoms with Gasteiger partial charge in [-0.3, -0.25) is 0 Å². The van der Waals surface area contributed by atoms with Crippen LogP contribution in [0.1, 0.15) is 31.3 Å². The van der Waals surface area contributed by atoms with Crippen LogP contribution in [0.15, 0.2) is 6.20 Å². The molecule has 1 aliphatic carbocycles. The molecule has 1 saturated carbocycles. The summed E-state index contributed by atoms with van der Waals surface area (Å²) in [5.74, 6) is 1.03. The lowest BCUT2D eigenvalue weighted by Crippen LogP contribution is -2.05. The first kappa shape index (κ1) is 7.80. The maximum absolute atomic E-state index is 5.43. The Kier molecular flexibility index (Phi) is 1.68. The van der Waals surface area contributed by atoms with Crippen molar-refractivity contribution in [2.45, 2.75) is 31.6 Å². The van der Waals surface area contributed by atoms with Crippen LogP contribution in [-0.2, 0) is 11.8 Å². The van der Waals surface area contributed by atoms with Gasteiger partial charge in [0.1, 0.15) is 5.82 Å². The second-order valence-corrected chi connectivity index (χ2v) is 3.84. The highest BCUT2D eigenvalue weighted by atomic mass is 14.9. The highest BCUT2D eigenvalue weighted by Gasteiger charge is 2.40. The second-order valence-electron chi connectivity index (χ2n) is 3.84. The third-order valence-electron chi connectivity index (χ3n) is 2.66. The quantitative estimate of drug-likeness (QED) is 0.701. The Morgan fingerprint density at radius 2 is 2.42 bits per heavy atom. The molecule has 0 saturated heterocycles. The summed E-state index contributed by atoms with van der Waals surface area (Å²) in [5, 5.41) is 0. The van der Waals surface area contributed by atoms with E-state index in [0.717, 1.165) is 12.2 Å². The molecule has 0 bridgehead atoms. The fourth-order valence-electron chi connectivity index (χ4n) is 1.39. The number of aromatic amines is 1. The third kappa shape index (κ3) is 1.25. The number of nitrogens with one attached hydrogen (secondary N) is 1. The van der Waals surface area contributed by atoms with Crippen molar-refractivity contribution in [1.82, 2.24) is 9.97 Å². The summed E-state index contributed by atoms with van der Waals surface area (Å²) in [4.78, 5) is 7.60. The Morgan fingerprint density at radius 3 is 3.00 bits per heavy atom. The lowest BCUT2D eigenvalue weighted by atomic mass is 10.1. The van der Waals surface area contributed by atoms with Gasteiger partial charge in [-0.2, -0.15) is 0 Å². The lowest BCUT2D eigenvalue weighted by molar-refractivity contribution is 0.750. The molecule has 3 heteroatoms. The van der Waals surface area contributed by atoms with E-state index in [0.29, 0.717) is 12.0 Å². The van der Waals surface area contributed by atoms with Gasteiger partial charge in [-0.15, -0.1) is 0 Å². The fraction of sp³-hybridized carbons (Fsp3) is 0.667. The molecule has 1 aromatic heterocycles. The van der Waals surface area contributed by atoms with E-state index in [2.05, 4.69) is 16.9 Å². The smallest absolute Gasteiger partial charge is 0.107 e. The Hall–Kier alpha value is -0.830. The summed E-state index contributed by atoms with van der Waals surface area (Å²) in [6, 6.07) is 0. The summed E-state index contributed by atoms with van der Waals surface area (Å²) in [6.45, 7) is 2.94. The van der Waals surface area contributed by atoms with Gasteiger partial charge in [-0.05, 0) is 19.4 Å². The number of hydrogen-bond acceptors (Lipinski definition) is 2. The molecule has 3 nitrogen and oxygen atoms in total. The summed E-state index contributed by atoms with van der Waals surface area (Å²) < 4.78 is 0. The summed E-state index contributed by atoms with van der Waals surface area (Å²) in [6.07, 6.45) is 5.39. The zero-order valence-corrected chi connectivity index (χ0v) is 7.43. The highest BCUT2D eigenvalue weighted by molar-refractivity contribution is 5.21. The van der Waals surface area contributed by atoms with Crippen LogP contribution in [0.5, 0.6) is 0 Å².